The van der Waals surface area contributed by atoms with Crippen molar-refractivity contribution in [2.45, 2.75) is 64.3 Å². The highest BCUT2D eigenvalue weighted by Gasteiger charge is 2.41. The number of methoxy groups -OCH3 is 1. The average molecular weight is 1130 g/mol. The van der Waals surface area contributed by atoms with Crippen molar-refractivity contribution in [3.63, 3.8) is 0 Å². The zero-order valence-corrected chi connectivity index (χ0v) is 45.5. The number of aliphatic hydroxyl groups excluding tert-OH is 1. The van der Waals surface area contributed by atoms with Crippen molar-refractivity contribution in [3.05, 3.63) is 143 Å². The minimum absolute atomic E-state index is 0.0285. The molecule has 0 bridgehead atoms. The molecule has 1 N–H and O–H groups in total. The fourth-order valence-electron chi connectivity index (χ4n) is 12.2. The third kappa shape index (κ3) is 11.9. The summed E-state index contributed by atoms with van der Waals surface area (Å²) in [7, 11) is 1.71. The van der Waals surface area contributed by atoms with Crippen LogP contribution in [0.4, 0.5) is 0 Å². The number of aliphatic hydroxyl groups is 1. The predicted octanol–water partition coefficient (Wildman–Crippen LogP) is 8.76. The maximum atomic E-state index is 11.6. The smallest absolute Gasteiger partial charge is 0.304 e. The molecule has 3 unspecified atom stereocenters. The third-order valence-electron chi connectivity index (χ3n) is 16.4. The highest BCUT2D eigenvalue weighted by Crippen LogP contribution is 2.43. The molecule has 19 nitrogen and oxygen atoms in total. The van der Waals surface area contributed by atoms with Crippen LogP contribution < -0.4 is 56.8 Å². The molecule has 3 fully saturated rings. The number of rotatable bonds is 14. The Morgan fingerprint density at radius 3 is 0.976 bits per heavy atom. The van der Waals surface area contributed by atoms with E-state index in [1.165, 1.54) is 18.1 Å². The van der Waals surface area contributed by atoms with E-state index in [2.05, 4.69) is 30.3 Å². The summed E-state index contributed by atoms with van der Waals surface area (Å²) >= 11 is 0. The van der Waals surface area contributed by atoms with Gasteiger partial charge >= 0.3 is 5.97 Å². The lowest BCUT2D eigenvalue weighted by molar-refractivity contribution is -0.173. The van der Waals surface area contributed by atoms with Crippen LogP contribution in [0.25, 0.3) is 0 Å². The molecule has 0 saturated carbocycles. The number of fused-ring (bicyclic) bond motifs is 6. The van der Waals surface area contributed by atoms with E-state index in [0.29, 0.717) is 45.7 Å². The summed E-state index contributed by atoms with van der Waals surface area (Å²) in [5.74, 6) is 10.2. The quantitative estimate of drug-likeness (QED) is 0.102. The van der Waals surface area contributed by atoms with Crippen molar-refractivity contribution in [1.29, 1.82) is 0 Å². The van der Waals surface area contributed by atoms with Crippen LogP contribution in [0.1, 0.15) is 40.3 Å². The van der Waals surface area contributed by atoms with Gasteiger partial charge in [0, 0.05) is 31.8 Å². The monoisotopic (exact) mass is 1120 g/mol. The van der Waals surface area contributed by atoms with Gasteiger partial charge in [0.15, 0.2) is 81.6 Å². The molecule has 3 saturated heterocycles. The highest BCUT2D eigenvalue weighted by molar-refractivity contribution is 5.66. The van der Waals surface area contributed by atoms with Crippen LogP contribution >= 0.6 is 0 Å². The second kappa shape index (κ2) is 24.0. The molecule has 0 radical (unpaired) electrons. The summed E-state index contributed by atoms with van der Waals surface area (Å²) in [6, 6.07) is 36.2. The molecule has 15 rings (SSSR count). The summed E-state index contributed by atoms with van der Waals surface area (Å²) in [5.41, 5.74) is 6.93. The van der Waals surface area contributed by atoms with E-state index >= 15 is 0 Å². The summed E-state index contributed by atoms with van der Waals surface area (Å²) < 4.78 is 93.7. The molecule has 19 heteroatoms. The molecule has 82 heavy (non-hydrogen) atoms. The predicted molar refractivity (Wildman–Crippen MR) is 289 cm³/mol. The van der Waals surface area contributed by atoms with Crippen molar-refractivity contribution in [2.24, 2.45) is 35.5 Å². The van der Waals surface area contributed by atoms with Crippen molar-refractivity contribution < 1.29 is 90.4 Å². The Bertz CT molecular complexity index is 3260. The molecule has 6 aromatic carbocycles. The number of carbonyl (C=O) groups is 1. The van der Waals surface area contributed by atoms with Gasteiger partial charge in [-0.25, -0.2) is 0 Å². The van der Waals surface area contributed by atoms with Gasteiger partial charge in [0.05, 0.1) is 19.8 Å². The van der Waals surface area contributed by atoms with E-state index in [4.69, 9.17) is 80.5 Å². The second-order valence-electron chi connectivity index (χ2n) is 21.6. The van der Waals surface area contributed by atoms with Crippen LogP contribution in [0.5, 0.6) is 69.0 Å². The molecule has 0 spiro atoms. The molecule has 9 aliphatic rings. The SMILES string of the molecule is CC(=O)OC1OC[C@@H](Cc2ccc3c(c2)OCO3)[C@@H]1Cc1ccc2c(c1)OCO2.COC1OC[C@@H](Cc2ccc3c(c2)OCO3)[C@@H]1Cc1ccc2c(c1)OCO2.OC1OC[C@@H](Cc2ccc3c(c2)OCO3)[C@@H]1Cc1ccc2c(c1)OCO2. The first-order valence-corrected chi connectivity index (χ1v) is 27.8. The molecular formula is C63H64O19. The highest BCUT2D eigenvalue weighted by atomic mass is 16.7. The lowest BCUT2D eigenvalue weighted by atomic mass is 9.84. The van der Waals surface area contributed by atoms with E-state index in [0.717, 1.165) is 123 Å². The first-order chi connectivity index (χ1) is 40.2. The molecule has 430 valence electrons. The van der Waals surface area contributed by atoms with Gasteiger partial charge in [0.25, 0.3) is 0 Å². The topological polar surface area (TPSA) is 194 Å². The second-order valence-corrected chi connectivity index (χ2v) is 21.6. The van der Waals surface area contributed by atoms with Crippen molar-refractivity contribution in [2.75, 3.05) is 67.7 Å². The Hall–Kier alpha value is -7.81. The standard InChI is InChI=1S/C22H22O7.C21H22O6.C20H20O6/c1-13(23)29-22-17(7-15-3-5-19-21(9-15)28-12-26-19)16(10-24-22)6-14-2-4-18-20(8-14)27-11-25-18;1-22-21-16(7-14-3-5-18-20(9-14)27-12-25-18)15(10-23-21)6-13-2-4-17-19(8-13)26-11-24-17;21-20-15(6-13-2-4-17-19(8-13)26-11-24-17)14(9-22-20)5-12-1-3-16-18(7-12)25-10-23-16/h2-5,8-9,16-17,22H,6-7,10-12H2,1H3;2-5,8-9,15-16,21H,6-7,10-12H2,1H3;1-4,7-8,14-15,20-21H,5-6,9-11H2/t16-,17+,22?;15-,16+,21?;14-,15+,20?/m111/s1. The number of ether oxygens (including phenoxy) is 17. The molecule has 9 aliphatic heterocycles. The zero-order valence-electron chi connectivity index (χ0n) is 45.5. The van der Waals surface area contributed by atoms with Crippen LogP contribution in [0.15, 0.2) is 109 Å². The summed E-state index contributed by atoms with van der Waals surface area (Å²) in [6.07, 6.45) is 3.32. The van der Waals surface area contributed by atoms with Gasteiger partial charge in [-0.3, -0.25) is 4.79 Å². The molecule has 9 heterocycles. The Morgan fingerprint density at radius 1 is 0.378 bits per heavy atom. The summed E-state index contributed by atoms with van der Waals surface area (Å²) in [6.45, 7) is 4.79. The zero-order chi connectivity index (χ0) is 55.5. The third-order valence-corrected chi connectivity index (χ3v) is 16.4. The number of carbonyl (C=O) groups excluding carboxylic acids is 1. The molecular weight excluding hydrogens is 1060 g/mol. The maximum absolute atomic E-state index is 11.6. The van der Waals surface area contributed by atoms with E-state index in [1.807, 2.05) is 78.9 Å². The summed E-state index contributed by atoms with van der Waals surface area (Å²) in [4.78, 5) is 11.6. The van der Waals surface area contributed by atoms with Crippen LogP contribution in [0.3, 0.4) is 0 Å². The Labute approximate surface area is 473 Å². The Balaban J connectivity index is 0.000000116. The van der Waals surface area contributed by atoms with Crippen molar-refractivity contribution in [1.82, 2.24) is 0 Å². The molecule has 0 amide bonds. The Kier molecular flexibility index (Phi) is 15.6. The van der Waals surface area contributed by atoms with Gasteiger partial charge < -0.3 is 85.6 Å². The van der Waals surface area contributed by atoms with Gasteiger partial charge in [0.1, 0.15) is 0 Å². The number of esters is 1. The van der Waals surface area contributed by atoms with Gasteiger partial charge in [-0.1, -0.05) is 36.4 Å². The summed E-state index contributed by atoms with van der Waals surface area (Å²) in [5, 5.41) is 10.3. The molecule has 6 aromatic rings. The lowest BCUT2D eigenvalue weighted by Gasteiger charge is -2.23. The average Bonchev–Trinajstić information content (AvgIpc) is 4.43. The van der Waals surface area contributed by atoms with Crippen LogP contribution in [0.2, 0.25) is 0 Å². The molecule has 0 aliphatic carbocycles. The number of hydrogen-bond acceptors (Lipinski definition) is 19. The van der Waals surface area contributed by atoms with Gasteiger partial charge in [-0.15, -0.1) is 0 Å². The van der Waals surface area contributed by atoms with E-state index in [9.17, 15) is 9.90 Å². The normalized spacial score (nSPS) is 24.9. The van der Waals surface area contributed by atoms with E-state index < -0.39 is 12.6 Å². The van der Waals surface area contributed by atoms with Crippen LogP contribution in [-0.2, 0) is 67.0 Å². The van der Waals surface area contributed by atoms with Crippen molar-refractivity contribution in [3.8, 4) is 69.0 Å². The molecule has 9 atom stereocenters. The molecule has 0 aromatic heterocycles. The Morgan fingerprint density at radius 2 is 0.646 bits per heavy atom. The first-order valence-electron chi connectivity index (χ1n) is 27.8. The minimum atomic E-state index is -0.751. The first kappa shape index (κ1) is 53.5. The number of hydrogen-bond donors (Lipinski definition) is 1. The van der Waals surface area contributed by atoms with Crippen LogP contribution in [-0.4, -0.2) is 97.6 Å². The maximum Gasteiger partial charge on any atom is 0.304 e. The number of benzene rings is 6. The van der Waals surface area contributed by atoms with Crippen molar-refractivity contribution >= 4 is 5.97 Å². The van der Waals surface area contributed by atoms with Gasteiger partial charge in [-0.05, 0) is 162 Å². The van der Waals surface area contributed by atoms with Gasteiger partial charge in [-0.2, -0.15) is 0 Å². The van der Waals surface area contributed by atoms with Crippen LogP contribution in [0, 0.1) is 35.5 Å². The minimum Gasteiger partial charge on any atom is -0.454 e. The lowest BCUT2D eigenvalue weighted by Crippen LogP contribution is -2.28. The fourth-order valence-corrected chi connectivity index (χ4v) is 12.2. The largest absolute Gasteiger partial charge is 0.454 e. The fraction of sp³-hybridized carbons (Fsp3) is 0.413. The van der Waals surface area contributed by atoms with Gasteiger partial charge in [0.2, 0.25) is 47.0 Å². The van der Waals surface area contributed by atoms with E-state index in [1.54, 1.807) is 7.11 Å². The van der Waals surface area contributed by atoms with E-state index in [-0.39, 0.29) is 69.0 Å².